The van der Waals surface area contributed by atoms with E-state index in [0.717, 1.165) is 0 Å². The summed E-state index contributed by atoms with van der Waals surface area (Å²) in [6.45, 7) is 0. The van der Waals surface area contributed by atoms with Crippen LogP contribution < -0.4 is 10.6 Å². The molecule has 0 unspecified atom stereocenters. The van der Waals surface area contributed by atoms with Gasteiger partial charge in [-0.3, -0.25) is 14.4 Å². The Labute approximate surface area is 121 Å². The monoisotopic (exact) mass is 280 g/mol. The topological polar surface area (TPSA) is 75.3 Å². The second-order valence-corrected chi connectivity index (χ2v) is 4.73. The molecule has 0 fully saturated rings. The van der Waals surface area contributed by atoms with Crippen LogP contribution in [0.15, 0.2) is 48.5 Å². The molecule has 104 valence electrons. The summed E-state index contributed by atoms with van der Waals surface area (Å²) in [6.07, 6.45) is -0.226. The van der Waals surface area contributed by atoms with Gasteiger partial charge in [0.05, 0.1) is 11.4 Å². The van der Waals surface area contributed by atoms with Gasteiger partial charge in [0, 0.05) is 11.1 Å². The molecule has 0 atom stereocenters. The van der Waals surface area contributed by atoms with Gasteiger partial charge in [0.25, 0.3) is 0 Å². The standard InChI is InChI=1S/C16H12N2O3/c19-14-9-15(20)18-13-8-11(6-7-12(13)17-14)16(21)10-4-2-1-3-5-10/h1-8H,9H2,(H,17,19)(H,18,20). The number of anilines is 2. The van der Waals surface area contributed by atoms with Crippen LogP contribution >= 0.6 is 0 Å². The summed E-state index contributed by atoms with van der Waals surface area (Å²) in [6, 6.07) is 13.7. The first kappa shape index (κ1) is 13.1. The van der Waals surface area contributed by atoms with Crippen LogP contribution in [0.2, 0.25) is 0 Å². The molecule has 5 nitrogen and oxygen atoms in total. The van der Waals surface area contributed by atoms with Crippen molar-refractivity contribution in [2.45, 2.75) is 6.42 Å². The maximum atomic E-state index is 12.4. The van der Waals surface area contributed by atoms with Crippen molar-refractivity contribution >= 4 is 29.0 Å². The van der Waals surface area contributed by atoms with Crippen LogP contribution in [0, 0.1) is 0 Å². The highest BCUT2D eigenvalue weighted by Crippen LogP contribution is 2.26. The van der Waals surface area contributed by atoms with Crippen LogP contribution in [0.1, 0.15) is 22.3 Å². The van der Waals surface area contributed by atoms with E-state index in [4.69, 9.17) is 0 Å². The molecule has 5 heteroatoms. The van der Waals surface area contributed by atoms with Crippen molar-refractivity contribution in [2.24, 2.45) is 0 Å². The van der Waals surface area contributed by atoms with Crippen LogP contribution in [0.4, 0.5) is 11.4 Å². The molecular formula is C16H12N2O3. The normalized spacial score (nSPS) is 13.7. The molecule has 0 bridgehead atoms. The molecule has 2 N–H and O–H groups in total. The van der Waals surface area contributed by atoms with Crippen molar-refractivity contribution in [2.75, 3.05) is 10.6 Å². The molecule has 2 aromatic rings. The Morgan fingerprint density at radius 2 is 1.48 bits per heavy atom. The molecule has 2 amide bonds. The lowest BCUT2D eigenvalue weighted by atomic mass is 10.0. The minimum atomic E-state index is -0.393. The van der Waals surface area contributed by atoms with Crippen molar-refractivity contribution < 1.29 is 14.4 Å². The van der Waals surface area contributed by atoms with Crippen molar-refractivity contribution in [3.8, 4) is 0 Å². The van der Waals surface area contributed by atoms with E-state index in [0.29, 0.717) is 22.5 Å². The number of amides is 2. The highest BCUT2D eigenvalue weighted by atomic mass is 16.2. The molecule has 0 aliphatic carbocycles. The number of rotatable bonds is 2. The van der Waals surface area contributed by atoms with E-state index in [9.17, 15) is 14.4 Å². The summed E-state index contributed by atoms with van der Waals surface area (Å²) >= 11 is 0. The minimum Gasteiger partial charge on any atom is -0.324 e. The molecule has 21 heavy (non-hydrogen) atoms. The SMILES string of the molecule is O=C1CC(=O)Nc2cc(C(=O)c3ccccc3)ccc2N1. The second kappa shape index (κ2) is 5.20. The molecule has 1 aliphatic heterocycles. The zero-order chi connectivity index (χ0) is 14.8. The highest BCUT2D eigenvalue weighted by Gasteiger charge is 2.19. The van der Waals surface area contributed by atoms with Crippen LogP contribution in [-0.2, 0) is 9.59 Å². The number of nitrogens with one attached hydrogen (secondary N) is 2. The Hall–Kier alpha value is -2.95. The predicted molar refractivity (Wildman–Crippen MR) is 78.2 cm³/mol. The third-order valence-electron chi connectivity index (χ3n) is 3.19. The van der Waals surface area contributed by atoms with Crippen LogP contribution in [0.5, 0.6) is 0 Å². The van der Waals surface area contributed by atoms with Gasteiger partial charge in [-0.1, -0.05) is 30.3 Å². The van der Waals surface area contributed by atoms with Crippen molar-refractivity contribution in [3.05, 3.63) is 59.7 Å². The maximum absolute atomic E-state index is 12.4. The Bertz CT molecular complexity index is 738. The maximum Gasteiger partial charge on any atom is 0.233 e. The quantitative estimate of drug-likeness (QED) is 0.654. The molecule has 0 aromatic heterocycles. The van der Waals surface area contributed by atoms with E-state index in [-0.39, 0.29) is 18.1 Å². The summed E-state index contributed by atoms with van der Waals surface area (Å²) < 4.78 is 0. The smallest absolute Gasteiger partial charge is 0.233 e. The zero-order valence-electron chi connectivity index (χ0n) is 11.1. The first-order chi connectivity index (χ1) is 10.1. The Morgan fingerprint density at radius 1 is 0.810 bits per heavy atom. The number of hydrogen-bond acceptors (Lipinski definition) is 3. The summed E-state index contributed by atoms with van der Waals surface area (Å²) in [5.41, 5.74) is 1.96. The number of hydrogen-bond donors (Lipinski definition) is 2. The lowest BCUT2D eigenvalue weighted by Gasteiger charge is -2.09. The number of ketones is 1. The first-order valence-corrected chi connectivity index (χ1v) is 6.47. The summed E-state index contributed by atoms with van der Waals surface area (Å²) in [5, 5.41) is 5.25. The van der Waals surface area contributed by atoms with Crippen molar-refractivity contribution in [1.29, 1.82) is 0 Å². The van der Waals surface area contributed by atoms with Crippen molar-refractivity contribution in [1.82, 2.24) is 0 Å². The van der Waals surface area contributed by atoms with Gasteiger partial charge in [0.2, 0.25) is 11.8 Å². The molecule has 0 spiro atoms. The van der Waals surface area contributed by atoms with Crippen LogP contribution in [-0.4, -0.2) is 17.6 Å². The summed E-state index contributed by atoms with van der Waals surface area (Å²) in [4.78, 5) is 35.4. The van der Waals surface area contributed by atoms with E-state index < -0.39 is 5.91 Å². The van der Waals surface area contributed by atoms with E-state index >= 15 is 0 Å². The van der Waals surface area contributed by atoms with Gasteiger partial charge in [-0.15, -0.1) is 0 Å². The number of carbonyl (C=O) groups is 3. The minimum absolute atomic E-state index is 0.136. The average Bonchev–Trinajstić information content (AvgIpc) is 2.63. The van der Waals surface area contributed by atoms with Gasteiger partial charge in [0.15, 0.2) is 5.78 Å². The Kier molecular flexibility index (Phi) is 3.23. The van der Waals surface area contributed by atoms with E-state index in [1.54, 1.807) is 42.5 Å². The first-order valence-electron chi connectivity index (χ1n) is 6.47. The van der Waals surface area contributed by atoms with E-state index in [1.807, 2.05) is 6.07 Å². The van der Waals surface area contributed by atoms with Gasteiger partial charge in [-0.2, -0.15) is 0 Å². The predicted octanol–water partition coefficient (Wildman–Crippen LogP) is 2.20. The third kappa shape index (κ3) is 2.67. The number of fused-ring (bicyclic) bond motifs is 1. The fourth-order valence-electron chi connectivity index (χ4n) is 2.19. The fourth-order valence-corrected chi connectivity index (χ4v) is 2.19. The second-order valence-electron chi connectivity index (χ2n) is 4.73. The van der Waals surface area contributed by atoms with Crippen molar-refractivity contribution in [3.63, 3.8) is 0 Å². The molecule has 0 saturated heterocycles. The Morgan fingerprint density at radius 3 is 2.19 bits per heavy atom. The van der Waals surface area contributed by atoms with Gasteiger partial charge in [-0.25, -0.2) is 0 Å². The van der Waals surface area contributed by atoms with Crippen LogP contribution in [0.25, 0.3) is 0 Å². The molecule has 0 saturated carbocycles. The molecule has 0 radical (unpaired) electrons. The molecule has 1 heterocycles. The highest BCUT2D eigenvalue weighted by molar-refractivity contribution is 6.15. The van der Waals surface area contributed by atoms with Gasteiger partial charge >= 0.3 is 0 Å². The lowest BCUT2D eigenvalue weighted by molar-refractivity contribution is -0.123. The molecular weight excluding hydrogens is 268 g/mol. The Balaban J connectivity index is 1.98. The lowest BCUT2D eigenvalue weighted by Crippen LogP contribution is -2.16. The van der Waals surface area contributed by atoms with E-state index in [2.05, 4.69) is 10.6 Å². The molecule has 3 rings (SSSR count). The van der Waals surface area contributed by atoms with Gasteiger partial charge in [-0.05, 0) is 18.2 Å². The zero-order valence-corrected chi connectivity index (χ0v) is 11.1. The summed E-state index contributed by atoms with van der Waals surface area (Å²) in [5.74, 6) is -0.896. The fraction of sp³-hybridized carbons (Fsp3) is 0.0625. The number of carbonyl (C=O) groups excluding carboxylic acids is 3. The van der Waals surface area contributed by atoms with Gasteiger partial charge < -0.3 is 10.6 Å². The molecule has 1 aliphatic rings. The third-order valence-corrected chi connectivity index (χ3v) is 3.19. The molecule has 2 aromatic carbocycles. The largest absolute Gasteiger partial charge is 0.324 e. The van der Waals surface area contributed by atoms with E-state index in [1.165, 1.54) is 0 Å². The average molecular weight is 280 g/mol. The van der Waals surface area contributed by atoms with Crippen LogP contribution in [0.3, 0.4) is 0 Å². The summed E-state index contributed by atoms with van der Waals surface area (Å²) in [7, 11) is 0. The van der Waals surface area contributed by atoms with Gasteiger partial charge in [0.1, 0.15) is 6.42 Å². The number of benzene rings is 2.